The molecule has 2 aromatic carbocycles. The molecular formula is C29H41FN4O4. The molecule has 0 radical (unpaired) electrons. The Morgan fingerprint density at radius 2 is 1.47 bits per heavy atom. The van der Waals surface area contributed by atoms with E-state index in [0.717, 1.165) is 37.7 Å². The summed E-state index contributed by atoms with van der Waals surface area (Å²) in [6.45, 7) is 6.44. The predicted molar refractivity (Wildman–Crippen MR) is 146 cm³/mol. The molecule has 0 fully saturated rings. The van der Waals surface area contributed by atoms with E-state index >= 15 is 0 Å². The molecule has 0 saturated heterocycles. The first kappa shape index (κ1) is 30.6. The molecule has 0 bridgehead atoms. The highest BCUT2D eigenvalue weighted by atomic mass is 19.1. The van der Waals surface area contributed by atoms with Crippen molar-refractivity contribution >= 4 is 18.0 Å². The monoisotopic (exact) mass is 528 g/mol. The van der Waals surface area contributed by atoms with Crippen molar-refractivity contribution in [2.75, 3.05) is 13.1 Å². The molecule has 0 heterocycles. The molecule has 4 amide bonds. The summed E-state index contributed by atoms with van der Waals surface area (Å²) >= 11 is 0. The topological polar surface area (TPSA) is 123 Å². The van der Waals surface area contributed by atoms with E-state index in [-0.39, 0.29) is 12.3 Å². The van der Waals surface area contributed by atoms with Crippen LogP contribution in [0.5, 0.6) is 0 Å². The number of benzene rings is 2. The molecule has 0 aliphatic heterocycles. The highest BCUT2D eigenvalue weighted by Gasteiger charge is 2.37. The third kappa shape index (κ3) is 10.4. The fraction of sp³-hybridized carbons (Fsp3) is 0.483. The lowest BCUT2D eigenvalue weighted by molar-refractivity contribution is -0.127. The second kappa shape index (κ2) is 15.6. The lowest BCUT2D eigenvalue weighted by atomic mass is 9.91. The van der Waals surface area contributed by atoms with Gasteiger partial charge in [0.05, 0.1) is 0 Å². The number of urea groups is 1. The van der Waals surface area contributed by atoms with Gasteiger partial charge in [-0.1, -0.05) is 81.6 Å². The van der Waals surface area contributed by atoms with Gasteiger partial charge in [-0.2, -0.15) is 0 Å². The highest BCUT2D eigenvalue weighted by Crippen LogP contribution is 2.26. The van der Waals surface area contributed by atoms with Gasteiger partial charge in [0.25, 0.3) is 0 Å². The number of hydrogen-bond donors (Lipinski definition) is 4. The summed E-state index contributed by atoms with van der Waals surface area (Å²) in [6.07, 6.45) is 3.07. The van der Waals surface area contributed by atoms with Gasteiger partial charge in [-0.3, -0.25) is 4.79 Å². The smallest absolute Gasteiger partial charge is 0.408 e. The summed E-state index contributed by atoms with van der Waals surface area (Å²) in [6, 6.07) is 15.1. The molecule has 2 rings (SSSR count). The van der Waals surface area contributed by atoms with E-state index in [1.165, 1.54) is 6.07 Å². The van der Waals surface area contributed by atoms with E-state index in [9.17, 15) is 18.8 Å². The number of halogens is 1. The first-order valence-electron chi connectivity index (χ1n) is 13.2. The zero-order chi connectivity index (χ0) is 28.0. The summed E-state index contributed by atoms with van der Waals surface area (Å²) in [5, 5.41) is 8.17. The highest BCUT2D eigenvalue weighted by molar-refractivity contribution is 5.90. The van der Waals surface area contributed by atoms with E-state index in [1.54, 1.807) is 25.1 Å². The van der Waals surface area contributed by atoms with Gasteiger partial charge in [0.15, 0.2) is 0 Å². The van der Waals surface area contributed by atoms with Gasteiger partial charge < -0.3 is 26.4 Å². The number of hydrogen-bond acceptors (Lipinski definition) is 4. The minimum Gasteiger partial charge on any atom is -0.441 e. The van der Waals surface area contributed by atoms with Gasteiger partial charge in [0, 0.05) is 19.5 Å². The number of nitrogens with two attached hydrogens (primary N) is 1. The number of nitrogens with one attached hydrogen (secondary N) is 3. The molecule has 9 heteroatoms. The van der Waals surface area contributed by atoms with Crippen molar-refractivity contribution in [3.05, 3.63) is 71.5 Å². The van der Waals surface area contributed by atoms with Crippen molar-refractivity contribution in [2.45, 2.75) is 70.9 Å². The Labute approximate surface area is 224 Å². The van der Waals surface area contributed by atoms with E-state index in [4.69, 9.17) is 10.5 Å². The normalized spacial score (nSPS) is 13.3. The molecule has 2 atom stereocenters. The van der Waals surface area contributed by atoms with Gasteiger partial charge in [-0.15, -0.1) is 0 Å². The van der Waals surface area contributed by atoms with Crippen LogP contribution in [0.1, 0.15) is 70.1 Å². The number of rotatable bonds is 15. The van der Waals surface area contributed by atoms with Crippen LogP contribution in [0.15, 0.2) is 54.6 Å². The van der Waals surface area contributed by atoms with Crippen molar-refractivity contribution in [2.24, 2.45) is 11.7 Å². The number of ether oxygens (including phenoxy) is 1. The fourth-order valence-electron chi connectivity index (χ4n) is 4.19. The zero-order valence-electron chi connectivity index (χ0n) is 22.6. The summed E-state index contributed by atoms with van der Waals surface area (Å²) in [4.78, 5) is 37.0. The molecule has 2 aromatic rings. The number of carbonyl (C=O) groups excluding carboxylic acids is 3. The maximum Gasteiger partial charge on any atom is 0.408 e. The summed E-state index contributed by atoms with van der Waals surface area (Å²) in [5.74, 6) is -0.859. The van der Waals surface area contributed by atoms with Crippen LogP contribution in [0.3, 0.4) is 0 Å². The minimum atomic E-state index is -1.43. The van der Waals surface area contributed by atoms with Crippen molar-refractivity contribution in [1.82, 2.24) is 16.0 Å². The Morgan fingerprint density at radius 3 is 2.08 bits per heavy atom. The van der Waals surface area contributed by atoms with Gasteiger partial charge >= 0.3 is 12.1 Å². The van der Waals surface area contributed by atoms with E-state index in [1.807, 2.05) is 44.2 Å². The first-order chi connectivity index (χ1) is 18.1. The lowest BCUT2D eigenvalue weighted by Gasteiger charge is -2.31. The number of unbranched alkanes of at least 4 members (excludes halogenated alkanes) is 4. The molecule has 0 aromatic heterocycles. The second-order valence-electron chi connectivity index (χ2n) is 10.0. The van der Waals surface area contributed by atoms with Crippen LogP contribution < -0.4 is 21.7 Å². The van der Waals surface area contributed by atoms with Gasteiger partial charge in [-0.25, -0.2) is 14.0 Å². The number of carbonyl (C=O) groups is 3. The Kier molecular flexibility index (Phi) is 12.6. The molecular weight excluding hydrogens is 487 g/mol. The molecule has 38 heavy (non-hydrogen) atoms. The van der Waals surface area contributed by atoms with Crippen molar-refractivity contribution in [1.29, 1.82) is 0 Å². The largest absolute Gasteiger partial charge is 0.441 e. The summed E-state index contributed by atoms with van der Waals surface area (Å²) in [7, 11) is 0. The SMILES string of the molecule is CC(C)[C@H](OC(=O)N[C@](C)(Cc1ccccc1F)C(=O)NCCCCCCCNC(N)=O)c1ccccc1. The average molecular weight is 529 g/mol. The average Bonchev–Trinajstić information content (AvgIpc) is 2.87. The van der Waals surface area contributed by atoms with Crippen LogP contribution in [0.25, 0.3) is 0 Å². The molecule has 208 valence electrons. The lowest BCUT2D eigenvalue weighted by Crippen LogP contribution is -2.58. The van der Waals surface area contributed by atoms with Crippen molar-refractivity contribution < 1.29 is 23.5 Å². The second-order valence-corrected chi connectivity index (χ2v) is 10.0. The molecule has 8 nitrogen and oxygen atoms in total. The molecule has 0 aliphatic rings. The predicted octanol–water partition coefficient (Wildman–Crippen LogP) is 4.99. The molecule has 5 N–H and O–H groups in total. The summed E-state index contributed by atoms with van der Waals surface area (Å²) < 4.78 is 20.2. The van der Waals surface area contributed by atoms with Gasteiger partial charge in [0.1, 0.15) is 17.5 Å². The number of primary amides is 1. The van der Waals surface area contributed by atoms with Crippen LogP contribution in [0.4, 0.5) is 14.0 Å². The Balaban J connectivity index is 2.00. The number of amides is 4. The molecule has 0 aliphatic carbocycles. The first-order valence-corrected chi connectivity index (χ1v) is 13.2. The Morgan fingerprint density at radius 1 is 0.895 bits per heavy atom. The van der Waals surface area contributed by atoms with Crippen LogP contribution >= 0.6 is 0 Å². The van der Waals surface area contributed by atoms with Crippen molar-refractivity contribution in [3.8, 4) is 0 Å². The molecule has 0 saturated carbocycles. The quantitative estimate of drug-likeness (QED) is 0.243. The van der Waals surface area contributed by atoms with E-state index in [2.05, 4.69) is 16.0 Å². The van der Waals surface area contributed by atoms with Gasteiger partial charge in [-0.05, 0) is 42.9 Å². The molecule has 0 unspecified atom stereocenters. The zero-order valence-corrected chi connectivity index (χ0v) is 22.6. The van der Waals surface area contributed by atoms with E-state index in [0.29, 0.717) is 18.7 Å². The Hall–Kier alpha value is -3.62. The summed E-state index contributed by atoms with van der Waals surface area (Å²) in [5.41, 5.74) is 4.78. The molecule has 0 spiro atoms. The Bertz CT molecular complexity index is 1030. The third-order valence-electron chi connectivity index (χ3n) is 6.29. The van der Waals surface area contributed by atoms with Crippen LogP contribution in [-0.2, 0) is 16.0 Å². The van der Waals surface area contributed by atoms with Crippen LogP contribution in [0, 0.1) is 11.7 Å². The third-order valence-corrected chi connectivity index (χ3v) is 6.29. The van der Waals surface area contributed by atoms with Crippen LogP contribution in [-0.4, -0.2) is 36.7 Å². The van der Waals surface area contributed by atoms with E-state index < -0.39 is 35.5 Å². The van der Waals surface area contributed by atoms with Gasteiger partial charge in [0.2, 0.25) is 5.91 Å². The van der Waals surface area contributed by atoms with Crippen LogP contribution in [0.2, 0.25) is 0 Å². The fourth-order valence-corrected chi connectivity index (χ4v) is 4.19. The standard InChI is InChI=1S/C29H41FN4O4/c1-21(2)25(22-14-8-7-9-15-22)38-28(37)34-29(3,20-23-16-10-11-17-24(23)30)26(35)32-18-12-5-4-6-13-19-33-27(31)36/h7-11,14-17,21,25H,4-6,12-13,18-20H2,1-3H3,(H,32,35)(H,34,37)(H3,31,33,36)/t25-,29+/m0/s1. The minimum absolute atomic E-state index is 0.00127. The number of alkyl carbamates (subject to hydrolysis) is 1. The maximum absolute atomic E-state index is 14.5. The maximum atomic E-state index is 14.5. The van der Waals surface area contributed by atoms with Crippen molar-refractivity contribution in [3.63, 3.8) is 0 Å².